The molecule has 1 atom stereocenters. The lowest BCUT2D eigenvalue weighted by Gasteiger charge is -2.16. The van der Waals surface area contributed by atoms with Gasteiger partial charge in [-0.1, -0.05) is 32.0 Å². The third-order valence-corrected chi connectivity index (χ3v) is 2.29. The van der Waals surface area contributed by atoms with Gasteiger partial charge in [0, 0.05) is 11.6 Å². The van der Waals surface area contributed by atoms with Crippen LogP contribution in [0.5, 0.6) is 0 Å². The van der Waals surface area contributed by atoms with E-state index in [-0.39, 0.29) is 11.9 Å². The molecule has 1 aromatic rings. The monoisotopic (exact) mass is 220 g/mol. The van der Waals surface area contributed by atoms with Crippen LogP contribution in [-0.2, 0) is 0 Å². The first-order valence-corrected chi connectivity index (χ1v) is 5.70. The van der Waals surface area contributed by atoms with Gasteiger partial charge in [-0.05, 0) is 31.4 Å². The highest BCUT2D eigenvalue weighted by Gasteiger charge is 2.07. The normalized spacial score (nSPS) is 12.5. The molecule has 0 aromatic heterocycles. The Morgan fingerprint density at radius 2 is 1.81 bits per heavy atom. The molecule has 0 fully saturated rings. The van der Waals surface area contributed by atoms with E-state index in [1.54, 1.807) is 12.1 Å². The van der Waals surface area contributed by atoms with E-state index in [1.807, 2.05) is 18.2 Å². The maximum absolute atomic E-state index is 11.7. The summed E-state index contributed by atoms with van der Waals surface area (Å²) in [5.41, 5.74) is 6.40. The van der Waals surface area contributed by atoms with E-state index in [0.717, 1.165) is 6.42 Å². The van der Waals surface area contributed by atoms with Crippen molar-refractivity contribution in [2.45, 2.75) is 33.2 Å². The zero-order valence-corrected chi connectivity index (χ0v) is 10.2. The average Bonchev–Trinajstić information content (AvgIpc) is 2.26. The van der Waals surface area contributed by atoms with Gasteiger partial charge in [0.25, 0.3) is 5.91 Å². The van der Waals surface area contributed by atoms with Crippen molar-refractivity contribution in [1.29, 1.82) is 0 Å². The molecular weight excluding hydrogens is 200 g/mol. The van der Waals surface area contributed by atoms with E-state index >= 15 is 0 Å². The minimum Gasteiger partial charge on any atom is -0.287 e. The Morgan fingerprint density at radius 1 is 1.19 bits per heavy atom. The summed E-state index contributed by atoms with van der Waals surface area (Å²) in [4.78, 5) is 11.7. The summed E-state index contributed by atoms with van der Waals surface area (Å²) < 4.78 is 0. The molecule has 0 unspecified atom stereocenters. The van der Waals surface area contributed by atoms with E-state index in [1.165, 1.54) is 0 Å². The number of hydrazine groups is 1. The minimum atomic E-state index is -0.0868. The highest BCUT2D eigenvalue weighted by atomic mass is 16.2. The van der Waals surface area contributed by atoms with E-state index in [0.29, 0.717) is 11.5 Å². The fourth-order valence-corrected chi connectivity index (χ4v) is 1.62. The van der Waals surface area contributed by atoms with Crippen molar-refractivity contribution in [1.82, 2.24) is 10.9 Å². The van der Waals surface area contributed by atoms with Crippen LogP contribution in [0.25, 0.3) is 0 Å². The number of amides is 1. The highest BCUT2D eigenvalue weighted by molar-refractivity contribution is 5.93. The Kier molecular flexibility index (Phi) is 4.99. The molecule has 3 heteroatoms. The summed E-state index contributed by atoms with van der Waals surface area (Å²) in [7, 11) is 0. The summed E-state index contributed by atoms with van der Waals surface area (Å²) in [5, 5.41) is 0. The van der Waals surface area contributed by atoms with Crippen molar-refractivity contribution in [3.05, 3.63) is 35.9 Å². The third-order valence-electron chi connectivity index (χ3n) is 2.29. The van der Waals surface area contributed by atoms with Crippen LogP contribution in [0, 0.1) is 5.92 Å². The van der Waals surface area contributed by atoms with E-state index in [4.69, 9.17) is 0 Å². The van der Waals surface area contributed by atoms with Crippen molar-refractivity contribution in [2.24, 2.45) is 5.92 Å². The molecule has 0 heterocycles. The summed E-state index contributed by atoms with van der Waals surface area (Å²) in [6.45, 7) is 6.39. The molecule has 0 radical (unpaired) electrons. The van der Waals surface area contributed by atoms with Crippen LogP contribution in [0.4, 0.5) is 0 Å². The van der Waals surface area contributed by atoms with Gasteiger partial charge in [0.2, 0.25) is 0 Å². The fraction of sp³-hybridized carbons (Fsp3) is 0.462. The number of hydrogen-bond acceptors (Lipinski definition) is 2. The summed E-state index contributed by atoms with van der Waals surface area (Å²) >= 11 is 0. The SMILES string of the molecule is CC(C)C[C@@H](C)NNC(=O)c1ccccc1. The minimum absolute atomic E-state index is 0.0868. The van der Waals surface area contributed by atoms with Gasteiger partial charge >= 0.3 is 0 Å². The number of benzene rings is 1. The van der Waals surface area contributed by atoms with Crippen LogP contribution in [0.2, 0.25) is 0 Å². The quantitative estimate of drug-likeness (QED) is 0.748. The molecule has 16 heavy (non-hydrogen) atoms. The van der Waals surface area contributed by atoms with Gasteiger partial charge in [-0.3, -0.25) is 10.2 Å². The molecule has 1 amide bonds. The smallest absolute Gasteiger partial charge is 0.265 e. The number of carbonyl (C=O) groups is 1. The molecule has 3 nitrogen and oxygen atoms in total. The molecule has 0 aliphatic rings. The van der Waals surface area contributed by atoms with E-state index < -0.39 is 0 Å². The largest absolute Gasteiger partial charge is 0.287 e. The number of rotatable bonds is 5. The molecule has 2 N–H and O–H groups in total. The summed E-state index contributed by atoms with van der Waals surface area (Å²) in [6, 6.07) is 9.48. The third kappa shape index (κ3) is 4.45. The first-order valence-electron chi connectivity index (χ1n) is 5.70. The van der Waals surface area contributed by atoms with Crippen LogP contribution in [0.15, 0.2) is 30.3 Å². The Bertz CT molecular complexity index is 322. The Morgan fingerprint density at radius 3 is 2.38 bits per heavy atom. The zero-order chi connectivity index (χ0) is 12.0. The van der Waals surface area contributed by atoms with Crippen LogP contribution in [0.1, 0.15) is 37.6 Å². The molecule has 88 valence electrons. The van der Waals surface area contributed by atoms with Crippen molar-refractivity contribution in [3.8, 4) is 0 Å². The van der Waals surface area contributed by atoms with Crippen molar-refractivity contribution in [2.75, 3.05) is 0 Å². The molecule has 1 aromatic carbocycles. The lowest BCUT2D eigenvalue weighted by atomic mass is 10.1. The van der Waals surface area contributed by atoms with Gasteiger partial charge in [0.15, 0.2) is 0 Å². The second-order valence-electron chi connectivity index (χ2n) is 4.50. The number of carbonyl (C=O) groups excluding carboxylic acids is 1. The second kappa shape index (κ2) is 6.28. The van der Waals surface area contributed by atoms with Crippen LogP contribution < -0.4 is 10.9 Å². The lowest BCUT2D eigenvalue weighted by Crippen LogP contribution is -2.43. The van der Waals surface area contributed by atoms with Gasteiger partial charge in [0.05, 0.1) is 0 Å². The van der Waals surface area contributed by atoms with Crippen molar-refractivity contribution >= 4 is 5.91 Å². The second-order valence-corrected chi connectivity index (χ2v) is 4.50. The van der Waals surface area contributed by atoms with Gasteiger partial charge < -0.3 is 0 Å². The van der Waals surface area contributed by atoms with Crippen molar-refractivity contribution < 1.29 is 4.79 Å². The van der Waals surface area contributed by atoms with Crippen LogP contribution in [-0.4, -0.2) is 11.9 Å². The first kappa shape index (κ1) is 12.7. The summed E-state index contributed by atoms with van der Waals surface area (Å²) in [6.07, 6.45) is 1.04. The molecule has 0 aliphatic carbocycles. The molecule has 0 spiro atoms. The molecule has 0 saturated heterocycles. The first-order chi connectivity index (χ1) is 7.59. The standard InChI is InChI=1S/C13H20N2O/c1-10(2)9-11(3)14-15-13(16)12-7-5-4-6-8-12/h4-8,10-11,14H,9H2,1-3H3,(H,15,16)/t11-/m1/s1. The van der Waals surface area contributed by atoms with Crippen molar-refractivity contribution in [3.63, 3.8) is 0 Å². The molecule has 0 saturated carbocycles. The maximum atomic E-state index is 11.7. The maximum Gasteiger partial charge on any atom is 0.265 e. The predicted molar refractivity (Wildman–Crippen MR) is 66.0 cm³/mol. The van der Waals surface area contributed by atoms with E-state index in [2.05, 4.69) is 31.6 Å². The highest BCUT2D eigenvalue weighted by Crippen LogP contribution is 2.03. The number of nitrogens with one attached hydrogen (secondary N) is 2. The van der Waals surface area contributed by atoms with Gasteiger partial charge in [-0.25, -0.2) is 5.43 Å². The Balaban J connectivity index is 2.36. The Labute approximate surface area is 97.2 Å². The van der Waals surface area contributed by atoms with Gasteiger partial charge in [-0.15, -0.1) is 0 Å². The van der Waals surface area contributed by atoms with E-state index in [9.17, 15) is 4.79 Å². The average molecular weight is 220 g/mol. The number of hydrogen-bond donors (Lipinski definition) is 2. The molecule has 0 aliphatic heterocycles. The Hall–Kier alpha value is -1.35. The topological polar surface area (TPSA) is 41.1 Å². The molecule has 0 bridgehead atoms. The molecular formula is C13H20N2O. The lowest BCUT2D eigenvalue weighted by molar-refractivity contribution is 0.0924. The zero-order valence-electron chi connectivity index (χ0n) is 10.2. The van der Waals surface area contributed by atoms with Crippen LogP contribution in [0.3, 0.4) is 0 Å². The molecule has 1 rings (SSSR count). The predicted octanol–water partition coefficient (Wildman–Crippen LogP) is 2.36. The summed E-state index contributed by atoms with van der Waals surface area (Å²) in [5.74, 6) is 0.535. The van der Waals surface area contributed by atoms with Crippen LogP contribution >= 0.6 is 0 Å². The van der Waals surface area contributed by atoms with Gasteiger partial charge in [-0.2, -0.15) is 0 Å². The fourth-order valence-electron chi connectivity index (χ4n) is 1.62. The van der Waals surface area contributed by atoms with Gasteiger partial charge in [0.1, 0.15) is 0 Å².